The molecule has 2 nitrogen and oxygen atoms in total. The fourth-order valence-corrected chi connectivity index (χ4v) is 2.15. The van der Waals surface area contributed by atoms with Gasteiger partial charge >= 0.3 is 0 Å². The predicted molar refractivity (Wildman–Crippen MR) is 64.5 cm³/mol. The van der Waals surface area contributed by atoms with Crippen LogP contribution in [0.5, 0.6) is 0 Å². The lowest BCUT2D eigenvalue weighted by Gasteiger charge is -2.16. The van der Waals surface area contributed by atoms with E-state index in [1.54, 1.807) is 0 Å². The summed E-state index contributed by atoms with van der Waals surface area (Å²) in [6.07, 6.45) is 0.950. The van der Waals surface area contributed by atoms with E-state index >= 15 is 0 Å². The van der Waals surface area contributed by atoms with Crippen molar-refractivity contribution in [1.82, 2.24) is 5.32 Å². The Hall–Kier alpha value is -0.200. The molecule has 0 bridgehead atoms. The Morgan fingerprint density at radius 1 is 1.36 bits per heavy atom. The van der Waals surface area contributed by atoms with Crippen LogP contribution in [0.1, 0.15) is 34.1 Å². The molecule has 82 valence electrons. The molecule has 0 aliphatic rings. The molecule has 0 rings (SSSR count). The molecular weight excluding hydrogens is 192 g/mol. The summed E-state index contributed by atoms with van der Waals surface area (Å²) < 4.78 is 0. The maximum absolute atomic E-state index is 8.81. The topological polar surface area (TPSA) is 35.8 Å². The average molecular weight is 214 g/mol. The lowest BCUT2D eigenvalue weighted by atomic mass is 10.2. The van der Waals surface area contributed by atoms with Gasteiger partial charge in [-0.15, -0.1) is 0 Å². The van der Waals surface area contributed by atoms with Crippen LogP contribution in [0.25, 0.3) is 0 Å². The second kappa shape index (κ2) is 8.14. The van der Waals surface area contributed by atoms with E-state index < -0.39 is 0 Å². The van der Waals surface area contributed by atoms with E-state index in [2.05, 4.69) is 32.2 Å². The van der Waals surface area contributed by atoms with Crippen LogP contribution in [0, 0.1) is 17.2 Å². The molecule has 1 N–H and O–H groups in total. The van der Waals surface area contributed by atoms with Crippen LogP contribution in [-0.2, 0) is 0 Å². The van der Waals surface area contributed by atoms with Gasteiger partial charge in [-0.2, -0.15) is 17.0 Å². The molecule has 0 spiro atoms. The second-order valence-corrected chi connectivity index (χ2v) is 5.33. The quantitative estimate of drug-likeness (QED) is 0.708. The van der Waals surface area contributed by atoms with Crippen molar-refractivity contribution in [2.24, 2.45) is 5.92 Å². The third-order valence-corrected chi connectivity index (χ3v) is 3.87. The van der Waals surface area contributed by atoms with Crippen LogP contribution in [0.2, 0.25) is 0 Å². The maximum Gasteiger partial charge on any atom is 0.0960 e. The van der Waals surface area contributed by atoms with Crippen molar-refractivity contribution in [2.45, 2.75) is 45.4 Å². The van der Waals surface area contributed by atoms with E-state index in [1.807, 2.05) is 18.7 Å². The summed E-state index contributed by atoms with van der Waals surface area (Å²) >= 11 is 1.96. The van der Waals surface area contributed by atoms with Crippen LogP contribution in [0.15, 0.2) is 0 Å². The van der Waals surface area contributed by atoms with Crippen molar-refractivity contribution >= 4 is 11.8 Å². The highest BCUT2D eigenvalue weighted by Gasteiger charge is 2.09. The molecule has 0 aromatic carbocycles. The minimum atomic E-state index is 0.0341. The van der Waals surface area contributed by atoms with Crippen LogP contribution in [0.3, 0.4) is 0 Å². The zero-order valence-electron chi connectivity index (χ0n) is 9.71. The number of nitrogens with zero attached hydrogens (tertiary/aromatic N) is 1. The number of thioether (sulfide) groups is 1. The molecule has 0 amide bonds. The van der Waals surface area contributed by atoms with Crippen LogP contribution in [-0.4, -0.2) is 23.6 Å². The first-order valence-corrected chi connectivity index (χ1v) is 6.41. The lowest BCUT2D eigenvalue weighted by molar-refractivity contribution is 0.608. The molecule has 0 aliphatic heterocycles. The van der Waals surface area contributed by atoms with E-state index in [4.69, 9.17) is 5.26 Å². The van der Waals surface area contributed by atoms with Crippen LogP contribution >= 0.6 is 11.8 Å². The first-order valence-electron chi connectivity index (χ1n) is 5.36. The Labute approximate surface area is 92.5 Å². The Bertz CT molecular complexity index is 175. The SMILES string of the molecule is CCNC(C#N)CCSC(C)C(C)C. The van der Waals surface area contributed by atoms with Gasteiger partial charge in [-0.3, -0.25) is 0 Å². The molecule has 0 aliphatic carbocycles. The van der Waals surface area contributed by atoms with Crippen molar-refractivity contribution in [1.29, 1.82) is 5.26 Å². The Morgan fingerprint density at radius 3 is 2.43 bits per heavy atom. The average Bonchev–Trinajstić information content (AvgIpc) is 2.16. The molecule has 0 aromatic heterocycles. The maximum atomic E-state index is 8.81. The predicted octanol–water partition coefficient (Wildman–Crippen LogP) is 2.66. The number of nitriles is 1. The number of nitrogens with one attached hydrogen (secondary N) is 1. The third kappa shape index (κ3) is 6.28. The Balaban J connectivity index is 3.57. The smallest absolute Gasteiger partial charge is 0.0960 e. The van der Waals surface area contributed by atoms with Gasteiger partial charge in [0.1, 0.15) is 0 Å². The minimum absolute atomic E-state index is 0.0341. The summed E-state index contributed by atoms with van der Waals surface area (Å²) in [6.45, 7) is 9.65. The molecule has 14 heavy (non-hydrogen) atoms. The zero-order valence-corrected chi connectivity index (χ0v) is 10.5. The molecule has 0 fully saturated rings. The summed E-state index contributed by atoms with van der Waals surface area (Å²) in [4.78, 5) is 0. The van der Waals surface area contributed by atoms with Crippen LogP contribution in [0.4, 0.5) is 0 Å². The summed E-state index contributed by atoms with van der Waals surface area (Å²) in [7, 11) is 0. The molecule has 0 aromatic rings. The van der Waals surface area contributed by atoms with E-state index in [1.165, 1.54) is 0 Å². The monoisotopic (exact) mass is 214 g/mol. The highest BCUT2D eigenvalue weighted by atomic mass is 32.2. The molecule has 3 heteroatoms. The van der Waals surface area contributed by atoms with Gasteiger partial charge in [0.05, 0.1) is 12.1 Å². The highest BCUT2D eigenvalue weighted by Crippen LogP contribution is 2.19. The normalized spacial score (nSPS) is 15.1. The van der Waals surface area contributed by atoms with Gasteiger partial charge in [-0.1, -0.05) is 27.7 Å². The van der Waals surface area contributed by atoms with E-state index in [9.17, 15) is 0 Å². The van der Waals surface area contributed by atoms with Crippen molar-refractivity contribution in [2.75, 3.05) is 12.3 Å². The molecule has 2 atom stereocenters. The van der Waals surface area contributed by atoms with Gasteiger partial charge in [0.15, 0.2) is 0 Å². The van der Waals surface area contributed by atoms with Crippen molar-refractivity contribution in [3.63, 3.8) is 0 Å². The molecule has 0 saturated carbocycles. The van der Waals surface area contributed by atoms with Crippen molar-refractivity contribution < 1.29 is 0 Å². The second-order valence-electron chi connectivity index (χ2n) is 3.85. The molecule has 0 radical (unpaired) electrons. The van der Waals surface area contributed by atoms with E-state index in [-0.39, 0.29) is 6.04 Å². The fourth-order valence-electron chi connectivity index (χ4n) is 1.02. The van der Waals surface area contributed by atoms with Gasteiger partial charge in [-0.25, -0.2) is 0 Å². The zero-order chi connectivity index (χ0) is 11.0. The van der Waals surface area contributed by atoms with E-state index in [0.29, 0.717) is 5.25 Å². The highest BCUT2D eigenvalue weighted by molar-refractivity contribution is 7.99. The standard InChI is InChI=1S/C11H22N2S/c1-5-13-11(8-12)6-7-14-10(4)9(2)3/h9-11,13H,5-7H2,1-4H3. The minimum Gasteiger partial charge on any atom is -0.302 e. The molecule has 0 saturated heterocycles. The molecule has 0 heterocycles. The third-order valence-electron chi connectivity index (χ3n) is 2.33. The first kappa shape index (κ1) is 13.8. The number of hydrogen-bond donors (Lipinski definition) is 1. The molecule has 2 unspecified atom stereocenters. The van der Waals surface area contributed by atoms with Gasteiger partial charge in [0.25, 0.3) is 0 Å². The summed E-state index contributed by atoms with van der Waals surface area (Å²) in [5.74, 6) is 1.80. The Morgan fingerprint density at radius 2 is 2.00 bits per heavy atom. The Kier molecular flexibility index (Phi) is 8.02. The summed E-state index contributed by atoms with van der Waals surface area (Å²) in [5, 5.41) is 12.7. The van der Waals surface area contributed by atoms with Crippen LogP contribution < -0.4 is 5.32 Å². The fraction of sp³-hybridized carbons (Fsp3) is 0.909. The van der Waals surface area contributed by atoms with Gasteiger partial charge < -0.3 is 5.32 Å². The number of hydrogen-bond acceptors (Lipinski definition) is 3. The van der Waals surface area contributed by atoms with E-state index in [0.717, 1.165) is 24.6 Å². The van der Waals surface area contributed by atoms with Crippen molar-refractivity contribution in [3.05, 3.63) is 0 Å². The first-order chi connectivity index (χ1) is 6.61. The lowest BCUT2D eigenvalue weighted by Crippen LogP contribution is -2.27. The largest absolute Gasteiger partial charge is 0.302 e. The summed E-state index contributed by atoms with van der Waals surface area (Å²) in [5.41, 5.74) is 0. The summed E-state index contributed by atoms with van der Waals surface area (Å²) in [6, 6.07) is 2.32. The number of rotatable bonds is 7. The van der Waals surface area contributed by atoms with Gasteiger partial charge in [-0.05, 0) is 24.6 Å². The van der Waals surface area contributed by atoms with Gasteiger partial charge in [0, 0.05) is 5.25 Å². The molecular formula is C11H22N2S. The van der Waals surface area contributed by atoms with Crippen molar-refractivity contribution in [3.8, 4) is 6.07 Å². The van der Waals surface area contributed by atoms with Gasteiger partial charge in [0.2, 0.25) is 0 Å².